The van der Waals surface area contributed by atoms with E-state index in [0.29, 0.717) is 29.0 Å². The van der Waals surface area contributed by atoms with Crippen LogP contribution in [0.3, 0.4) is 0 Å². The largest absolute Gasteiger partial charge is 0.444 e. The van der Waals surface area contributed by atoms with Gasteiger partial charge in [-0.15, -0.1) is 11.8 Å². The summed E-state index contributed by atoms with van der Waals surface area (Å²) in [6.45, 7) is 9.39. The molecule has 1 saturated carbocycles. The molecule has 0 radical (unpaired) electrons. The summed E-state index contributed by atoms with van der Waals surface area (Å²) in [5.74, 6) is 0.764. The summed E-state index contributed by atoms with van der Waals surface area (Å²) in [6, 6.07) is 3.81. The number of carbonyl (C=O) groups is 2. The van der Waals surface area contributed by atoms with Crippen LogP contribution in [0.1, 0.15) is 75.8 Å². The van der Waals surface area contributed by atoms with E-state index in [1.54, 1.807) is 32.5 Å². The lowest BCUT2D eigenvalue weighted by atomic mass is 9.82. The monoisotopic (exact) mass is 408 g/mol. The van der Waals surface area contributed by atoms with Crippen molar-refractivity contribution >= 4 is 30.0 Å². The Bertz CT molecular complexity index is 755. The van der Waals surface area contributed by atoms with Gasteiger partial charge in [-0.25, -0.2) is 9.18 Å². The Kier molecular flexibility index (Phi) is 7.26. The average Bonchev–Trinajstić information content (AvgIpc) is 2.61. The summed E-state index contributed by atoms with van der Waals surface area (Å²) in [4.78, 5) is 27.9. The first kappa shape index (κ1) is 22.4. The molecule has 1 spiro atoms. The number of alkyl carbamates (subject to hydrolysis) is 1. The van der Waals surface area contributed by atoms with E-state index in [9.17, 15) is 14.0 Å². The van der Waals surface area contributed by atoms with Crippen molar-refractivity contribution in [1.29, 1.82) is 0 Å². The van der Waals surface area contributed by atoms with Gasteiger partial charge in [-0.05, 0) is 58.2 Å². The molecule has 3 rings (SSSR count). The normalized spacial score (nSPS) is 20.2. The third-order valence-corrected chi connectivity index (χ3v) is 6.17. The van der Waals surface area contributed by atoms with E-state index in [1.165, 1.54) is 18.2 Å². The summed E-state index contributed by atoms with van der Waals surface area (Å²) in [5.41, 5.74) is 0.176. The van der Waals surface area contributed by atoms with Gasteiger partial charge in [0, 0.05) is 16.9 Å². The van der Waals surface area contributed by atoms with E-state index in [1.807, 2.05) is 13.8 Å². The molecule has 1 aliphatic heterocycles. The van der Waals surface area contributed by atoms with E-state index < -0.39 is 23.6 Å². The van der Waals surface area contributed by atoms with Gasteiger partial charge in [0.05, 0.1) is 10.8 Å². The molecule has 1 amide bonds. The molecule has 0 bridgehead atoms. The molecule has 0 aromatic heterocycles. The van der Waals surface area contributed by atoms with Crippen molar-refractivity contribution in [3.05, 3.63) is 35.1 Å². The second-order valence-corrected chi connectivity index (χ2v) is 9.08. The number of halogens is 1. The van der Waals surface area contributed by atoms with Crippen molar-refractivity contribution in [2.24, 2.45) is 4.99 Å². The maximum absolute atomic E-state index is 14.3. The summed E-state index contributed by atoms with van der Waals surface area (Å²) >= 11 is 1.69. The number of thioether (sulfide) groups is 1. The molecular weight excluding hydrogens is 379 g/mol. The number of amidine groups is 1. The Labute approximate surface area is 170 Å². The van der Waals surface area contributed by atoms with Gasteiger partial charge in [0.15, 0.2) is 0 Å². The summed E-state index contributed by atoms with van der Waals surface area (Å²) in [6.07, 6.45) is 3.06. The first-order valence-electron chi connectivity index (χ1n) is 9.69. The minimum absolute atomic E-state index is 0.216. The van der Waals surface area contributed by atoms with Gasteiger partial charge in [-0.1, -0.05) is 13.8 Å². The van der Waals surface area contributed by atoms with Crippen molar-refractivity contribution in [2.45, 2.75) is 70.3 Å². The second kappa shape index (κ2) is 9.07. The highest BCUT2D eigenvalue weighted by molar-refractivity contribution is 8.01. The second-order valence-electron chi connectivity index (χ2n) is 7.68. The van der Waals surface area contributed by atoms with Crippen LogP contribution >= 0.6 is 11.8 Å². The molecule has 7 heteroatoms. The minimum Gasteiger partial charge on any atom is -0.444 e. The van der Waals surface area contributed by atoms with Gasteiger partial charge in [0.1, 0.15) is 23.5 Å². The third-order valence-electron chi connectivity index (χ3n) is 4.53. The fraction of sp³-hybridized carbons (Fsp3) is 0.571. The number of aldehydes is 1. The number of nitrogens with one attached hydrogen (secondary N) is 1. The van der Waals surface area contributed by atoms with E-state index in [0.717, 1.165) is 19.3 Å². The molecule has 1 heterocycles. The van der Waals surface area contributed by atoms with Gasteiger partial charge in [0.2, 0.25) is 0 Å². The standard InChI is InChI=1S/C19H23FN2O3S.C2H6/c1-18(2,3)25-17(24)22-16-19(7-4-8-19)26-11-15(21-16)13-9-12(10-23)5-6-14(13)20;1-2/h5-6,9-10,15H,4,7-8,11H2,1-3H3,(H,21,22,24);1-2H3. The number of hydrogen-bond acceptors (Lipinski definition) is 5. The SMILES string of the molecule is CC.CC(C)(C)OC(=O)NC1=NC(c2cc(C=O)ccc2F)CSC12CCC2. The van der Waals surface area contributed by atoms with Gasteiger partial charge >= 0.3 is 6.09 Å². The lowest BCUT2D eigenvalue weighted by Crippen LogP contribution is -2.54. The van der Waals surface area contributed by atoms with Crippen LogP contribution in [0.2, 0.25) is 0 Å². The first-order valence-corrected chi connectivity index (χ1v) is 10.7. The van der Waals surface area contributed by atoms with E-state index in [2.05, 4.69) is 10.3 Å². The Morgan fingerprint density at radius 2 is 2.04 bits per heavy atom. The number of rotatable bonds is 2. The van der Waals surface area contributed by atoms with Crippen molar-refractivity contribution in [2.75, 3.05) is 5.75 Å². The summed E-state index contributed by atoms with van der Waals surface area (Å²) in [7, 11) is 0. The quantitative estimate of drug-likeness (QED) is 0.675. The van der Waals surface area contributed by atoms with Crippen molar-refractivity contribution in [3.63, 3.8) is 0 Å². The predicted molar refractivity (Wildman–Crippen MR) is 112 cm³/mol. The molecule has 2 aliphatic rings. The molecule has 1 atom stereocenters. The predicted octanol–water partition coefficient (Wildman–Crippen LogP) is 5.30. The molecule has 1 aromatic carbocycles. The highest BCUT2D eigenvalue weighted by Crippen LogP contribution is 2.49. The van der Waals surface area contributed by atoms with Gasteiger partial charge < -0.3 is 4.74 Å². The van der Waals surface area contributed by atoms with Gasteiger partial charge in [-0.3, -0.25) is 15.1 Å². The molecule has 28 heavy (non-hydrogen) atoms. The lowest BCUT2D eigenvalue weighted by molar-refractivity contribution is 0.0559. The van der Waals surface area contributed by atoms with Crippen molar-refractivity contribution in [3.8, 4) is 0 Å². The number of ether oxygens (including phenoxy) is 1. The Morgan fingerprint density at radius 1 is 1.36 bits per heavy atom. The van der Waals surface area contributed by atoms with E-state index in [4.69, 9.17) is 4.74 Å². The van der Waals surface area contributed by atoms with Gasteiger partial charge in [-0.2, -0.15) is 0 Å². The number of aliphatic imine (C=N–C) groups is 1. The third kappa shape index (κ3) is 5.13. The smallest absolute Gasteiger partial charge is 0.413 e. The molecular formula is C21H29FN2O3S. The molecule has 0 saturated heterocycles. The number of carbonyl (C=O) groups excluding carboxylic acids is 2. The zero-order valence-corrected chi connectivity index (χ0v) is 18.0. The zero-order valence-electron chi connectivity index (χ0n) is 17.2. The molecule has 5 nitrogen and oxygen atoms in total. The minimum atomic E-state index is -0.608. The van der Waals surface area contributed by atoms with Crippen LogP contribution in [-0.2, 0) is 4.74 Å². The molecule has 1 unspecified atom stereocenters. The van der Waals surface area contributed by atoms with Crippen LogP contribution in [-0.4, -0.2) is 34.3 Å². The number of nitrogens with zero attached hydrogens (tertiary/aromatic N) is 1. The summed E-state index contributed by atoms with van der Waals surface area (Å²) in [5, 5.41) is 2.79. The molecule has 1 fully saturated rings. The Morgan fingerprint density at radius 3 is 2.57 bits per heavy atom. The molecule has 1 aromatic rings. The number of benzene rings is 1. The van der Waals surface area contributed by atoms with E-state index >= 15 is 0 Å². The molecule has 1 aliphatic carbocycles. The van der Waals surface area contributed by atoms with Gasteiger partial charge in [0.25, 0.3) is 0 Å². The number of amides is 1. The Hall–Kier alpha value is -1.89. The fourth-order valence-corrected chi connectivity index (χ4v) is 4.64. The fourth-order valence-electron chi connectivity index (χ4n) is 3.09. The van der Waals surface area contributed by atoms with Crippen LogP contribution < -0.4 is 5.32 Å². The first-order chi connectivity index (χ1) is 13.2. The maximum atomic E-state index is 14.3. The molecule has 154 valence electrons. The molecule has 1 N–H and O–H groups in total. The summed E-state index contributed by atoms with van der Waals surface area (Å²) < 4.78 is 19.4. The van der Waals surface area contributed by atoms with Crippen LogP contribution in [0.4, 0.5) is 9.18 Å². The van der Waals surface area contributed by atoms with Crippen LogP contribution in [0, 0.1) is 5.82 Å². The van der Waals surface area contributed by atoms with Crippen LogP contribution in [0.5, 0.6) is 0 Å². The van der Waals surface area contributed by atoms with Crippen LogP contribution in [0.15, 0.2) is 23.2 Å². The van der Waals surface area contributed by atoms with Crippen molar-refractivity contribution < 1.29 is 18.7 Å². The van der Waals surface area contributed by atoms with Crippen LogP contribution in [0.25, 0.3) is 0 Å². The lowest BCUT2D eigenvalue weighted by Gasteiger charge is -2.45. The Balaban J connectivity index is 0.00000136. The highest BCUT2D eigenvalue weighted by Gasteiger charge is 2.47. The van der Waals surface area contributed by atoms with E-state index in [-0.39, 0.29) is 4.75 Å². The maximum Gasteiger partial charge on any atom is 0.413 e. The number of hydrogen-bond donors (Lipinski definition) is 1. The highest BCUT2D eigenvalue weighted by atomic mass is 32.2. The van der Waals surface area contributed by atoms with Crippen molar-refractivity contribution in [1.82, 2.24) is 5.32 Å². The topological polar surface area (TPSA) is 67.8 Å². The zero-order chi connectivity index (χ0) is 20.9. The average molecular weight is 409 g/mol.